The minimum Gasteiger partial charge on any atom is -0.432 e. The van der Waals surface area contributed by atoms with E-state index >= 15 is 0 Å². The number of benzene rings is 1. The summed E-state index contributed by atoms with van der Waals surface area (Å²) in [6.45, 7) is 0. The van der Waals surface area contributed by atoms with Crippen molar-refractivity contribution in [1.82, 2.24) is 9.97 Å². The number of ether oxygens (including phenoxy) is 1. The molecule has 3 rings (SSSR count). The molecule has 3 aromatic rings. The first-order valence-electron chi connectivity index (χ1n) is 5.68. The van der Waals surface area contributed by atoms with Crippen LogP contribution in [-0.4, -0.2) is 9.97 Å². The first-order valence-corrected chi connectivity index (χ1v) is 6.05. The zero-order valence-electron chi connectivity index (χ0n) is 9.98. The molecule has 0 saturated carbocycles. The average Bonchev–Trinajstić information content (AvgIpc) is 2.43. The maximum atomic E-state index is 13.6. The van der Waals surface area contributed by atoms with E-state index in [1.807, 2.05) is 0 Å². The molecular weight excluding hydrogens is 286 g/mol. The molecule has 0 N–H and O–H groups in total. The minimum absolute atomic E-state index is 0.00426. The smallest absolute Gasteiger partial charge is 0.230 e. The zero-order valence-corrected chi connectivity index (χ0v) is 10.7. The van der Waals surface area contributed by atoms with Gasteiger partial charge in [-0.05, 0) is 29.7 Å². The van der Waals surface area contributed by atoms with Crippen LogP contribution >= 0.6 is 11.6 Å². The Kier molecular flexibility index (Phi) is 3.20. The third-order valence-corrected chi connectivity index (χ3v) is 3.00. The maximum absolute atomic E-state index is 13.6. The van der Waals surface area contributed by atoms with Crippen molar-refractivity contribution < 1.29 is 13.5 Å². The van der Waals surface area contributed by atoms with Gasteiger partial charge in [-0.1, -0.05) is 17.7 Å². The molecule has 1 aromatic carbocycles. The third-order valence-electron chi connectivity index (χ3n) is 2.71. The van der Waals surface area contributed by atoms with Gasteiger partial charge >= 0.3 is 0 Å². The standard InChI is InChI=1S/C14H7ClF2N2O/c15-13-11-8(4-6-18-13)5-7-19-14(11)20-12-9(16)2-1-3-10(12)17/h1-7H. The number of nitrogens with zero attached hydrogens (tertiary/aromatic N) is 2. The van der Waals surface area contributed by atoms with Crippen LogP contribution in [0.4, 0.5) is 8.78 Å². The zero-order chi connectivity index (χ0) is 14.1. The molecule has 0 aliphatic carbocycles. The summed E-state index contributed by atoms with van der Waals surface area (Å²) in [5.74, 6) is -2.15. The summed E-state index contributed by atoms with van der Waals surface area (Å²) in [6.07, 6.45) is 2.99. The number of para-hydroxylation sites is 1. The van der Waals surface area contributed by atoms with Crippen LogP contribution in [0, 0.1) is 11.6 Å². The largest absolute Gasteiger partial charge is 0.432 e. The van der Waals surface area contributed by atoms with Crippen LogP contribution in [0.5, 0.6) is 11.6 Å². The van der Waals surface area contributed by atoms with Gasteiger partial charge in [0.1, 0.15) is 5.15 Å². The van der Waals surface area contributed by atoms with E-state index in [0.29, 0.717) is 10.8 Å². The summed E-state index contributed by atoms with van der Waals surface area (Å²) in [5.41, 5.74) is 0. The third kappa shape index (κ3) is 2.16. The minimum atomic E-state index is -0.816. The normalized spacial score (nSPS) is 10.8. The fourth-order valence-corrected chi connectivity index (χ4v) is 2.05. The van der Waals surface area contributed by atoms with Crippen molar-refractivity contribution in [3.05, 3.63) is 59.5 Å². The van der Waals surface area contributed by atoms with E-state index in [1.54, 1.807) is 12.1 Å². The Morgan fingerprint density at radius 1 is 0.950 bits per heavy atom. The van der Waals surface area contributed by atoms with Crippen LogP contribution in [0.2, 0.25) is 5.15 Å². The van der Waals surface area contributed by atoms with E-state index in [1.165, 1.54) is 18.5 Å². The highest BCUT2D eigenvalue weighted by Crippen LogP contribution is 2.33. The predicted octanol–water partition coefficient (Wildman–Crippen LogP) is 4.35. The molecular formula is C14H7ClF2N2O. The monoisotopic (exact) mass is 292 g/mol. The fourth-order valence-electron chi connectivity index (χ4n) is 1.80. The molecule has 0 unspecified atom stereocenters. The van der Waals surface area contributed by atoms with Gasteiger partial charge in [0.25, 0.3) is 0 Å². The number of hydrogen-bond acceptors (Lipinski definition) is 3. The number of aromatic nitrogens is 2. The summed E-state index contributed by atoms with van der Waals surface area (Å²) < 4.78 is 32.4. The molecule has 0 aliphatic rings. The molecule has 6 heteroatoms. The van der Waals surface area contributed by atoms with Gasteiger partial charge in [0.05, 0.1) is 5.39 Å². The Morgan fingerprint density at radius 3 is 2.30 bits per heavy atom. The van der Waals surface area contributed by atoms with E-state index in [2.05, 4.69) is 9.97 Å². The van der Waals surface area contributed by atoms with E-state index in [0.717, 1.165) is 12.1 Å². The summed E-state index contributed by atoms with van der Waals surface area (Å²) in [6, 6.07) is 6.86. The highest BCUT2D eigenvalue weighted by molar-refractivity contribution is 6.34. The molecule has 0 spiro atoms. The second-order valence-corrected chi connectivity index (χ2v) is 4.33. The molecule has 0 atom stereocenters. The van der Waals surface area contributed by atoms with Crippen LogP contribution < -0.4 is 4.74 Å². The van der Waals surface area contributed by atoms with E-state index in [9.17, 15) is 8.78 Å². The van der Waals surface area contributed by atoms with Gasteiger partial charge in [-0.2, -0.15) is 0 Å². The molecule has 2 aromatic heterocycles. The summed E-state index contributed by atoms with van der Waals surface area (Å²) in [4.78, 5) is 7.88. The van der Waals surface area contributed by atoms with Gasteiger partial charge < -0.3 is 4.74 Å². The van der Waals surface area contributed by atoms with Crippen LogP contribution in [0.3, 0.4) is 0 Å². The molecule has 0 fully saturated rings. The van der Waals surface area contributed by atoms with Crippen molar-refractivity contribution in [2.45, 2.75) is 0 Å². The van der Waals surface area contributed by atoms with Gasteiger partial charge in [-0.25, -0.2) is 18.7 Å². The Bertz CT molecular complexity index is 770. The van der Waals surface area contributed by atoms with Gasteiger partial charge in [-0.15, -0.1) is 0 Å². The highest BCUT2D eigenvalue weighted by Gasteiger charge is 2.15. The van der Waals surface area contributed by atoms with Crippen molar-refractivity contribution in [3.63, 3.8) is 0 Å². The Labute approximate surface area is 117 Å². The van der Waals surface area contributed by atoms with Crippen LogP contribution in [0.25, 0.3) is 10.8 Å². The molecule has 0 amide bonds. The first kappa shape index (κ1) is 12.7. The quantitative estimate of drug-likeness (QED) is 0.659. The van der Waals surface area contributed by atoms with Crippen molar-refractivity contribution in [2.75, 3.05) is 0 Å². The number of halogens is 3. The van der Waals surface area contributed by atoms with Crippen LogP contribution in [-0.2, 0) is 0 Å². The van der Waals surface area contributed by atoms with E-state index < -0.39 is 17.4 Å². The van der Waals surface area contributed by atoms with Crippen molar-refractivity contribution in [2.24, 2.45) is 0 Å². The maximum Gasteiger partial charge on any atom is 0.230 e. The number of hydrogen-bond donors (Lipinski definition) is 0. The number of pyridine rings is 2. The lowest BCUT2D eigenvalue weighted by atomic mass is 10.2. The van der Waals surface area contributed by atoms with Gasteiger partial charge in [0, 0.05) is 12.4 Å². The van der Waals surface area contributed by atoms with E-state index in [-0.39, 0.29) is 11.0 Å². The van der Waals surface area contributed by atoms with Gasteiger partial charge in [0.15, 0.2) is 11.6 Å². The topological polar surface area (TPSA) is 35.0 Å². The molecule has 0 bridgehead atoms. The van der Waals surface area contributed by atoms with Crippen molar-refractivity contribution in [3.8, 4) is 11.6 Å². The lowest BCUT2D eigenvalue weighted by Crippen LogP contribution is -1.95. The van der Waals surface area contributed by atoms with Gasteiger partial charge in [-0.3, -0.25) is 0 Å². The first-order chi connectivity index (χ1) is 9.66. The van der Waals surface area contributed by atoms with Gasteiger partial charge in [0.2, 0.25) is 11.6 Å². The second kappa shape index (κ2) is 5.02. The summed E-state index contributed by atoms with van der Waals surface area (Å²) in [5, 5.41) is 1.27. The Balaban J connectivity index is 2.16. The Hall–Kier alpha value is -2.27. The molecule has 0 radical (unpaired) electrons. The lowest BCUT2D eigenvalue weighted by molar-refractivity contribution is 0.399. The number of rotatable bonds is 2. The average molecular weight is 293 g/mol. The van der Waals surface area contributed by atoms with E-state index in [4.69, 9.17) is 16.3 Å². The fraction of sp³-hybridized carbons (Fsp3) is 0. The number of fused-ring (bicyclic) bond motifs is 1. The predicted molar refractivity (Wildman–Crippen MR) is 71.0 cm³/mol. The summed E-state index contributed by atoms with van der Waals surface area (Å²) >= 11 is 5.99. The summed E-state index contributed by atoms with van der Waals surface area (Å²) in [7, 11) is 0. The van der Waals surface area contributed by atoms with Crippen LogP contribution in [0.15, 0.2) is 42.7 Å². The molecule has 3 nitrogen and oxygen atoms in total. The van der Waals surface area contributed by atoms with Crippen LogP contribution in [0.1, 0.15) is 0 Å². The lowest BCUT2D eigenvalue weighted by Gasteiger charge is -2.09. The molecule has 0 saturated heterocycles. The molecule has 2 heterocycles. The van der Waals surface area contributed by atoms with Crippen molar-refractivity contribution >= 4 is 22.4 Å². The molecule has 100 valence electrons. The Morgan fingerprint density at radius 2 is 1.60 bits per heavy atom. The second-order valence-electron chi connectivity index (χ2n) is 3.97. The molecule has 0 aliphatic heterocycles. The highest BCUT2D eigenvalue weighted by atomic mass is 35.5. The SMILES string of the molecule is Fc1cccc(F)c1Oc1nccc2ccnc(Cl)c12. The van der Waals surface area contributed by atoms with Crippen molar-refractivity contribution in [1.29, 1.82) is 0 Å². The molecule has 20 heavy (non-hydrogen) atoms.